The largest absolute Gasteiger partial charge is 0.477 e. The third-order valence-electron chi connectivity index (χ3n) is 3.51. The Bertz CT molecular complexity index is 416. The number of ether oxygens (including phenoxy) is 1. The average Bonchev–Trinajstić information content (AvgIpc) is 3.24. The summed E-state index contributed by atoms with van der Waals surface area (Å²) in [4.78, 5) is 4.06. The Morgan fingerprint density at radius 2 is 2.17 bits per heavy atom. The van der Waals surface area contributed by atoms with Crippen LogP contribution in [-0.2, 0) is 6.54 Å². The summed E-state index contributed by atoms with van der Waals surface area (Å²) < 4.78 is 18.9. The highest BCUT2D eigenvalue weighted by Crippen LogP contribution is 2.32. The number of aromatic nitrogens is 1. The third kappa shape index (κ3) is 3.42. The summed E-state index contributed by atoms with van der Waals surface area (Å²) in [5.74, 6) is 1.14. The monoisotopic (exact) mass is 250 g/mol. The molecule has 0 aromatic carbocycles. The Kier molecular flexibility index (Phi) is 3.46. The van der Waals surface area contributed by atoms with E-state index >= 15 is 0 Å². The van der Waals surface area contributed by atoms with Gasteiger partial charge in [0.1, 0.15) is 5.82 Å². The number of pyridine rings is 1. The van der Waals surface area contributed by atoms with Crippen molar-refractivity contribution in [3.8, 4) is 5.88 Å². The molecule has 98 valence electrons. The van der Waals surface area contributed by atoms with Crippen molar-refractivity contribution in [1.29, 1.82) is 0 Å². The van der Waals surface area contributed by atoms with Crippen molar-refractivity contribution in [3.63, 3.8) is 0 Å². The van der Waals surface area contributed by atoms with Gasteiger partial charge < -0.3 is 10.1 Å². The van der Waals surface area contributed by atoms with Gasteiger partial charge >= 0.3 is 0 Å². The maximum Gasteiger partial charge on any atom is 0.218 e. The summed E-state index contributed by atoms with van der Waals surface area (Å²) in [5, 5.41) is 3.37. The Hall–Kier alpha value is -1.16. The fourth-order valence-corrected chi connectivity index (χ4v) is 2.00. The van der Waals surface area contributed by atoms with E-state index in [4.69, 9.17) is 4.74 Å². The van der Waals surface area contributed by atoms with Gasteiger partial charge in [-0.1, -0.05) is 12.8 Å². The normalized spacial score (nSPS) is 18.9. The molecule has 0 unspecified atom stereocenters. The Balaban J connectivity index is 1.57. The van der Waals surface area contributed by atoms with E-state index in [1.807, 2.05) is 0 Å². The second kappa shape index (κ2) is 5.22. The zero-order valence-corrected chi connectivity index (χ0v) is 10.5. The van der Waals surface area contributed by atoms with E-state index in [0.717, 1.165) is 17.9 Å². The van der Waals surface area contributed by atoms with Gasteiger partial charge in [0.2, 0.25) is 5.88 Å². The molecule has 0 atom stereocenters. The minimum atomic E-state index is -0.294. The molecule has 0 radical (unpaired) electrons. The summed E-state index contributed by atoms with van der Waals surface area (Å²) in [7, 11) is 0. The molecule has 1 N–H and O–H groups in total. The van der Waals surface area contributed by atoms with E-state index < -0.39 is 0 Å². The number of rotatable bonds is 7. The van der Waals surface area contributed by atoms with E-state index in [0.29, 0.717) is 25.1 Å². The van der Waals surface area contributed by atoms with Gasteiger partial charge in [-0.2, -0.15) is 0 Å². The fourth-order valence-electron chi connectivity index (χ4n) is 2.00. The van der Waals surface area contributed by atoms with Crippen molar-refractivity contribution in [1.82, 2.24) is 10.3 Å². The van der Waals surface area contributed by atoms with Crippen molar-refractivity contribution in [3.05, 3.63) is 23.6 Å². The first kappa shape index (κ1) is 11.9. The number of halogens is 1. The molecule has 0 spiro atoms. The minimum absolute atomic E-state index is 0.294. The summed E-state index contributed by atoms with van der Waals surface area (Å²) in [6.45, 7) is 1.34. The van der Waals surface area contributed by atoms with E-state index in [-0.39, 0.29) is 5.82 Å². The molecule has 0 amide bonds. The van der Waals surface area contributed by atoms with Gasteiger partial charge in [0.15, 0.2) is 0 Å². The van der Waals surface area contributed by atoms with E-state index in [1.54, 1.807) is 0 Å². The second-order valence-corrected chi connectivity index (χ2v) is 5.35. The maximum atomic E-state index is 13.2. The number of hydrogen-bond donors (Lipinski definition) is 1. The van der Waals surface area contributed by atoms with Gasteiger partial charge in [-0.15, -0.1) is 0 Å². The van der Waals surface area contributed by atoms with Crippen LogP contribution in [0.15, 0.2) is 12.3 Å². The highest BCUT2D eigenvalue weighted by Gasteiger charge is 2.22. The molecule has 2 aliphatic rings. The summed E-state index contributed by atoms with van der Waals surface area (Å²) in [5.41, 5.74) is 0.831. The summed E-state index contributed by atoms with van der Waals surface area (Å²) in [6.07, 6.45) is 7.43. The van der Waals surface area contributed by atoms with Gasteiger partial charge in [-0.3, -0.25) is 0 Å². The summed E-state index contributed by atoms with van der Waals surface area (Å²) in [6, 6.07) is 2.13. The Morgan fingerprint density at radius 3 is 2.89 bits per heavy atom. The van der Waals surface area contributed by atoms with E-state index in [2.05, 4.69) is 10.3 Å². The number of nitrogens with zero attached hydrogens (tertiary/aromatic N) is 1. The van der Waals surface area contributed by atoms with Crippen LogP contribution >= 0.6 is 0 Å². The Morgan fingerprint density at radius 1 is 1.33 bits per heavy atom. The van der Waals surface area contributed by atoms with Gasteiger partial charge in [0, 0.05) is 18.2 Å². The molecule has 3 nitrogen and oxygen atoms in total. The first-order valence-electron chi connectivity index (χ1n) is 6.82. The molecule has 2 fully saturated rings. The average molecular weight is 250 g/mol. The molecule has 3 rings (SSSR count). The van der Waals surface area contributed by atoms with E-state index in [9.17, 15) is 4.39 Å². The van der Waals surface area contributed by atoms with E-state index in [1.165, 1.54) is 37.9 Å². The smallest absolute Gasteiger partial charge is 0.218 e. The van der Waals surface area contributed by atoms with Gasteiger partial charge in [0.25, 0.3) is 0 Å². The van der Waals surface area contributed by atoms with Crippen molar-refractivity contribution in [2.75, 3.05) is 6.61 Å². The van der Waals surface area contributed by atoms with Crippen molar-refractivity contribution in [2.24, 2.45) is 5.92 Å². The lowest BCUT2D eigenvalue weighted by atomic mass is 10.2. The molecular weight excluding hydrogens is 231 g/mol. The second-order valence-electron chi connectivity index (χ2n) is 5.35. The molecule has 0 bridgehead atoms. The SMILES string of the molecule is Fc1cnc(OCCC2CC2)c(CNC2CC2)c1. The Labute approximate surface area is 107 Å². The van der Waals surface area contributed by atoms with Crippen molar-refractivity contribution >= 4 is 0 Å². The van der Waals surface area contributed by atoms with Gasteiger partial charge in [-0.05, 0) is 31.2 Å². The first-order valence-corrected chi connectivity index (χ1v) is 6.82. The van der Waals surface area contributed by atoms with Crippen LogP contribution in [-0.4, -0.2) is 17.6 Å². The van der Waals surface area contributed by atoms with Crippen LogP contribution in [0.5, 0.6) is 5.88 Å². The quantitative estimate of drug-likeness (QED) is 0.807. The van der Waals surface area contributed by atoms with Crippen LogP contribution in [0.1, 0.15) is 37.7 Å². The van der Waals surface area contributed by atoms with Crippen LogP contribution in [0.2, 0.25) is 0 Å². The fraction of sp³-hybridized carbons (Fsp3) is 0.643. The number of hydrogen-bond acceptors (Lipinski definition) is 3. The molecule has 0 aliphatic heterocycles. The van der Waals surface area contributed by atoms with Crippen LogP contribution < -0.4 is 10.1 Å². The molecule has 1 heterocycles. The molecule has 18 heavy (non-hydrogen) atoms. The van der Waals surface area contributed by atoms with Gasteiger partial charge in [-0.25, -0.2) is 9.37 Å². The summed E-state index contributed by atoms with van der Waals surface area (Å²) >= 11 is 0. The van der Waals surface area contributed by atoms with Crippen LogP contribution in [0.25, 0.3) is 0 Å². The lowest BCUT2D eigenvalue weighted by Gasteiger charge is -2.10. The predicted octanol–water partition coefficient (Wildman–Crippen LogP) is 2.65. The van der Waals surface area contributed by atoms with Crippen LogP contribution in [0.4, 0.5) is 4.39 Å². The zero-order valence-electron chi connectivity index (χ0n) is 10.5. The lowest BCUT2D eigenvalue weighted by molar-refractivity contribution is 0.286. The van der Waals surface area contributed by atoms with Crippen LogP contribution in [0.3, 0.4) is 0 Å². The minimum Gasteiger partial charge on any atom is -0.477 e. The standard InChI is InChI=1S/C14H19FN2O/c15-12-7-11(8-16-13-3-4-13)14(17-9-12)18-6-5-10-1-2-10/h7,9-10,13,16H,1-6,8H2. The molecule has 1 aromatic heterocycles. The molecule has 2 aliphatic carbocycles. The van der Waals surface area contributed by atoms with Crippen molar-refractivity contribution < 1.29 is 9.13 Å². The lowest BCUT2D eigenvalue weighted by Crippen LogP contribution is -2.17. The zero-order chi connectivity index (χ0) is 12.4. The molecule has 2 saturated carbocycles. The molecule has 0 saturated heterocycles. The molecule has 4 heteroatoms. The predicted molar refractivity (Wildman–Crippen MR) is 66.9 cm³/mol. The maximum absolute atomic E-state index is 13.2. The molecule has 1 aromatic rings. The topological polar surface area (TPSA) is 34.1 Å². The van der Waals surface area contributed by atoms with Gasteiger partial charge in [0.05, 0.1) is 12.8 Å². The first-order chi connectivity index (χ1) is 8.81. The third-order valence-corrected chi connectivity index (χ3v) is 3.51. The van der Waals surface area contributed by atoms with Crippen LogP contribution in [0, 0.1) is 11.7 Å². The molecular formula is C14H19FN2O. The van der Waals surface area contributed by atoms with Crippen molar-refractivity contribution in [2.45, 2.75) is 44.7 Å². The highest BCUT2D eigenvalue weighted by molar-refractivity contribution is 5.26. The number of nitrogens with one attached hydrogen (secondary N) is 1. The highest BCUT2D eigenvalue weighted by atomic mass is 19.1.